The molecular weight excluding hydrogens is 452 g/mol. The van der Waals surface area contributed by atoms with E-state index in [1.54, 1.807) is 7.11 Å². The van der Waals surface area contributed by atoms with E-state index in [1.807, 2.05) is 41.3 Å². The van der Waals surface area contributed by atoms with E-state index in [4.69, 9.17) is 14.9 Å². The Hall–Kier alpha value is -2.93. The Labute approximate surface area is 210 Å². The van der Waals surface area contributed by atoms with Gasteiger partial charge in [-0.3, -0.25) is 4.79 Å². The molecule has 0 spiro atoms. The maximum atomic E-state index is 12.9. The number of β-lactam (4-membered cyclic amide) rings is 1. The van der Waals surface area contributed by atoms with Crippen LogP contribution in [0.15, 0.2) is 84.9 Å². The number of hydrogen-bond acceptors (Lipinski definition) is 4. The number of nitrogens with two attached hydrogens (primary N) is 1. The van der Waals surface area contributed by atoms with Gasteiger partial charge in [0, 0.05) is 11.6 Å². The monoisotopic (exact) mass is 488 g/mol. The van der Waals surface area contributed by atoms with Gasteiger partial charge >= 0.3 is 0 Å². The van der Waals surface area contributed by atoms with Crippen LogP contribution in [0.3, 0.4) is 0 Å². The summed E-state index contributed by atoms with van der Waals surface area (Å²) in [7, 11) is -0.360. The van der Waals surface area contributed by atoms with Crippen molar-refractivity contribution in [3.8, 4) is 5.75 Å². The zero-order valence-corrected chi connectivity index (χ0v) is 22.4. The molecule has 1 heterocycles. The first kappa shape index (κ1) is 25.2. The van der Waals surface area contributed by atoms with E-state index < -0.39 is 15.1 Å². The van der Waals surface area contributed by atoms with Crippen LogP contribution in [0.1, 0.15) is 27.7 Å². The maximum Gasteiger partial charge on any atom is 0.246 e. The standard InChI is InChI=1S/C29H36N2O3Si/c1-20(26-25(30)28(32)31(26)21-16-18-22(33-5)19-17-21)27(29(2,3)4)34-35(23-12-8-6-9-13-23)24-14-10-7-11-15-24/h6-20,25-27,35H,30H2,1-5H3/t20?,25-,26+,27?/m0/s1. The summed E-state index contributed by atoms with van der Waals surface area (Å²) in [4.78, 5) is 14.7. The van der Waals surface area contributed by atoms with E-state index in [0.29, 0.717) is 0 Å². The number of ether oxygens (including phenoxy) is 1. The van der Waals surface area contributed by atoms with Crippen molar-refractivity contribution in [3.05, 3.63) is 84.9 Å². The summed E-state index contributed by atoms with van der Waals surface area (Å²) in [6.07, 6.45) is -0.107. The van der Waals surface area contributed by atoms with Gasteiger partial charge in [-0.25, -0.2) is 0 Å². The minimum Gasteiger partial charge on any atom is -0.497 e. The van der Waals surface area contributed by atoms with Gasteiger partial charge in [0.25, 0.3) is 0 Å². The maximum absolute atomic E-state index is 12.9. The summed E-state index contributed by atoms with van der Waals surface area (Å²) in [5.74, 6) is 0.720. The van der Waals surface area contributed by atoms with Crippen LogP contribution in [0, 0.1) is 11.3 Å². The van der Waals surface area contributed by atoms with Crippen LogP contribution >= 0.6 is 0 Å². The van der Waals surface area contributed by atoms with E-state index in [-0.39, 0.29) is 29.4 Å². The SMILES string of the molecule is COc1ccc(N2C(=O)[C@@H](N)[C@H]2C(C)C(O[SiH](c2ccccc2)c2ccccc2)C(C)(C)C)cc1. The second-order valence-corrected chi connectivity index (χ2v) is 12.8. The average molecular weight is 489 g/mol. The summed E-state index contributed by atoms with van der Waals surface area (Å²) in [5, 5.41) is 2.47. The highest BCUT2D eigenvalue weighted by Crippen LogP contribution is 2.39. The molecule has 4 atom stereocenters. The van der Waals surface area contributed by atoms with Gasteiger partial charge < -0.3 is 19.8 Å². The van der Waals surface area contributed by atoms with Crippen molar-refractivity contribution < 1.29 is 14.0 Å². The van der Waals surface area contributed by atoms with Crippen molar-refractivity contribution in [2.45, 2.75) is 45.9 Å². The lowest BCUT2D eigenvalue weighted by Crippen LogP contribution is -2.73. The Balaban J connectivity index is 1.67. The smallest absolute Gasteiger partial charge is 0.246 e. The van der Waals surface area contributed by atoms with E-state index in [1.165, 1.54) is 10.4 Å². The third kappa shape index (κ3) is 5.20. The second-order valence-electron chi connectivity index (χ2n) is 10.4. The van der Waals surface area contributed by atoms with Crippen LogP contribution in [-0.2, 0) is 9.22 Å². The molecule has 184 valence electrons. The Kier molecular flexibility index (Phi) is 7.45. The molecule has 5 nitrogen and oxygen atoms in total. The van der Waals surface area contributed by atoms with E-state index in [0.717, 1.165) is 11.4 Å². The summed E-state index contributed by atoms with van der Waals surface area (Å²) in [5.41, 5.74) is 7.11. The van der Waals surface area contributed by atoms with Crippen LogP contribution in [-0.4, -0.2) is 40.2 Å². The van der Waals surface area contributed by atoms with Gasteiger partial charge in [0.2, 0.25) is 14.9 Å². The zero-order chi connectivity index (χ0) is 25.2. The molecular formula is C29H36N2O3Si. The van der Waals surface area contributed by atoms with Crippen molar-refractivity contribution in [1.82, 2.24) is 0 Å². The highest BCUT2D eigenvalue weighted by Gasteiger charge is 2.52. The Morgan fingerprint density at radius 2 is 1.40 bits per heavy atom. The highest BCUT2D eigenvalue weighted by molar-refractivity contribution is 6.80. The van der Waals surface area contributed by atoms with E-state index in [9.17, 15) is 4.79 Å². The topological polar surface area (TPSA) is 64.8 Å². The fraction of sp³-hybridized carbons (Fsp3) is 0.345. The van der Waals surface area contributed by atoms with E-state index in [2.05, 4.69) is 76.2 Å². The van der Waals surface area contributed by atoms with Gasteiger partial charge in [-0.05, 0) is 40.1 Å². The fourth-order valence-electron chi connectivity index (χ4n) is 5.18. The molecule has 2 N–H and O–H groups in total. The number of benzene rings is 3. The minimum atomic E-state index is -1.99. The van der Waals surface area contributed by atoms with Crippen molar-refractivity contribution in [1.29, 1.82) is 0 Å². The van der Waals surface area contributed by atoms with Crippen molar-refractivity contribution in [3.63, 3.8) is 0 Å². The van der Waals surface area contributed by atoms with Crippen LogP contribution in [0.4, 0.5) is 5.69 Å². The van der Waals surface area contributed by atoms with Crippen LogP contribution in [0.5, 0.6) is 5.75 Å². The molecule has 0 radical (unpaired) electrons. The van der Waals surface area contributed by atoms with Gasteiger partial charge in [0.05, 0.1) is 19.3 Å². The van der Waals surface area contributed by atoms with E-state index >= 15 is 0 Å². The van der Waals surface area contributed by atoms with Crippen LogP contribution in [0.25, 0.3) is 0 Å². The number of hydrogen-bond donors (Lipinski definition) is 1. The Morgan fingerprint density at radius 1 is 0.886 bits per heavy atom. The zero-order valence-electron chi connectivity index (χ0n) is 21.2. The molecule has 35 heavy (non-hydrogen) atoms. The molecule has 0 aliphatic carbocycles. The van der Waals surface area contributed by atoms with Gasteiger partial charge in [-0.1, -0.05) is 88.4 Å². The van der Waals surface area contributed by atoms with Crippen molar-refractivity contribution >= 4 is 31.0 Å². The average Bonchev–Trinajstić information content (AvgIpc) is 2.87. The number of rotatable bonds is 8. The first-order chi connectivity index (χ1) is 16.7. The lowest BCUT2D eigenvalue weighted by Gasteiger charge is -2.52. The quantitative estimate of drug-likeness (QED) is 0.390. The molecule has 1 fully saturated rings. The number of methoxy groups -OCH3 is 1. The molecule has 3 aromatic rings. The third-order valence-corrected chi connectivity index (χ3v) is 9.44. The predicted molar refractivity (Wildman–Crippen MR) is 145 cm³/mol. The number of amides is 1. The van der Waals surface area contributed by atoms with Gasteiger partial charge in [0.1, 0.15) is 11.8 Å². The molecule has 6 heteroatoms. The molecule has 2 unspecified atom stereocenters. The summed E-state index contributed by atoms with van der Waals surface area (Å²) in [6, 6.07) is 27.9. The molecule has 1 aliphatic rings. The van der Waals surface area contributed by atoms with Gasteiger partial charge in [-0.15, -0.1) is 0 Å². The molecule has 1 amide bonds. The van der Waals surface area contributed by atoms with Crippen molar-refractivity contribution in [2.24, 2.45) is 17.1 Å². The van der Waals surface area contributed by atoms with Gasteiger partial charge in [0.15, 0.2) is 0 Å². The molecule has 0 aromatic heterocycles. The fourth-order valence-corrected chi connectivity index (χ4v) is 7.98. The Morgan fingerprint density at radius 3 is 1.86 bits per heavy atom. The molecule has 4 rings (SSSR count). The predicted octanol–water partition coefficient (Wildman–Crippen LogP) is 3.34. The van der Waals surface area contributed by atoms with Gasteiger partial charge in [-0.2, -0.15) is 0 Å². The first-order valence-corrected chi connectivity index (χ1v) is 13.8. The largest absolute Gasteiger partial charge is 0.497 e. The summed E-state index contributed by atoms with van der Waals surface area (Å²) >= 11 is 0. The van der Waals surface area contributed by atoms with Crippen LogP contribution in [0.2, 0.25) is 0 Å². The van der Waals surface area contributed by atoms with Crippen LogP contribution < -0.4 is 25.7 Å². The molecule has 3 aromatic carbocycles. The molecule has 0 saturated carbocycles. The normalized spacial score (nSPS) is 19.9. The number of anilines is 1. The molecule has 1 aliphatic heterocycles. The lowest BCUT2D eigenvalue weighted by molar-refractivity contribution is -0.128. The highest BCUT2D eigenvalue weighted by atomic mass is 28.3. The van der Waals surface area contributed by atoms with Crippen molar-refractivity contribution in [2.75, 3.05) is 12.0 Å². The minimum absolute atomic E-state index is 0.0206. The molecule has 0 bridgehead atoms. The number of carbonyl (C=O) groups excluding carboxylic acids is 1. The Bertz CT molecular complexity index is 1080. The summed E-state index contributed by atoms with van der Waals surface area (Å²) < 4.78 is 12.4. The second kappa shape index (κ2) is 10.4. The number of nitrogens with zero attached hydrogens (tertiary/aromatic N) is 1. The number of carbonyl (C=O) groups is 1. The third-order valence-electron chi connectivity index (χ3n) is 6.90. The summed E-state index contributed by atoms with van der Waals surface area (Å²) in [6.45, 7) is 8.79. The first-order valence-electron chi connectivity index (χ1n) is 12.2. The lowest BCUT2D eigenvalue weighted by atomic mass is 9.74. The molecule has 1 saturated heterocycles.